The molecule has 11 heteroatoms. The van der Waals surface area contributed by atoms with Crippen LogP contribution >= 0.6 is 39.0 Å². The van der Waals surface area contributed by atoms with Gasteiger partial charge >= 0.3 is 5.97 Å². The maximum Gasteiger partial charge on any atom is 0.340 e. The van der Waals surface area contributed by atoms with Gasteiger partial charge in [-0.3, -0.25) is 14.9 Å². The van der Waals surface area contributed by atoms with E-state index in [1.54, 1.807) is 49.4 Å². The number of halogens is 1. The minimum atomic E-state index is -0.499. The second-order valence-corrected chi connectivity index (χ2v) is 9.06. The fraction of sp³-hybridized carbons (Fsp3) is 0.150. The maximum absolute atomic E-state index is 12.3. The summed E-state index contributed by atoms with van der Waals surface area (Å²) in [6.45, 7) is 1.96. The number of para-hydroxylation sites is 1. The monoisotopic (exact) mass is 520 g/mol. The molecule has 31 heavy (non-hydrogen) atoms. The Morgan fingerprint density at radius 2 is 1.90 bits per heavy atom. The normalized spacial score (nSPS) is 10.4. The number of benzene rings is 2. The lowest BCUT2D eigenvalue weighted by molar-refractivity contribution is -0.113. The van der Waals surface area contributed by atoms with Crippen LogP contribution in [0, 0.1) is 0 Å². The maximum atomic E-state index is 12.3. The molecule has 2 amide bonds. The first-order valence-electron chi connectivity index (χ1n) is 9.05. The van der Waals surface area contributed by atoms with Gasteiger partial charge < -0.3 is 10.1 Å². The van der Waals surface area contributed by atoms with Crippen molar-refractivity contribution in [2.75, 3.05) is 23.0 Å². The Morgan fingerprint density at radius 3 is 2.68 bits per heavy atom. The van der Waals surface area contributed by atoms with Crippen molar-refractivity contribution in [2.24, 2.45) is 0 Å². The molecule has 1 heterocycles. The second-order valence-electron chi connectivity index (χ2n) is 5.94. The average molecular weight is 521 g/mol. The SMILES string of the molecule is CCOC(=O)c1ccccc1NC(=O)CSc1nnc(NC(=O)c2cccc(Br)c2)s1. The van der Waals surface area contributed by atoms with E-state index < -0.39 is 5.97 Å². The fourth-order valence-electron chi connectivity index (χ4n) is 2.41. The summed E-state index contributed by atoms with van der Waals surface area (Å²) in [5.74, 6) is -1.05. The zero-order chi connectivity index (χ0) is 22.2. The molecule has 0 saturated carbocycles. The molecule has 0 spiro atoms. The summed E-state index contributed by atoms with van der Waals surface area (Å²) in [5.41, 5.74) is 1.15. The van der Waals surface area contributed by atoms with E-state index >= 15 is 0 Å². The summed E-state index contributed by atoms with van der Waals surface area (Å²) in [6, 6.07) is 13.6. The largest absolute Gasteiger partial charge is 0.462 e. The van der Waals surface area contributed by atoms with Crippen LogP contribution in [-0.2, 0) is 9.53 Å². The minimum Gasteiger partial charge on any atom is -0.462 e. The van der Waals surface area contributed by atoms with Gasteiger partial charge in [-0.15, -0.1) is 10.2 Å². The molecule has 0 unspecified atom stereocenters. The summed E-state index contributed by atoms with van der Waals surface area (Å²) in [6.07, 6.45) is 0. The van der Waals surface area contributed by atoms with E-state index in [0.717, 1.165) is 4.47 Å². The van der Waals surface area contributed by atoms with Crippen molar-refractivity contribution < 1.29 is 19.1 Å². The molecule has 0 aliphatic rings. The molecule has 160 valence electrons. The number of hydrogen-bond acceptors (Lipinski definition) is 8. The highest BCUT2D eigenvalue weighted by Crippen LogP contribution is 2.26. The standard InChI is InChI=1S/C20H17BrN4O4S2/c1-2-29-18(28)14-8-3-4-9-15(14)22-16(26)11-30-20-25-24-19(31-20)23-17(27)12-6-5-7-13(21)10-12/h3-10H,2,11H2,1H3,(H,22,26)(H,23,24,27). The third-order valence-corrected chi connectivity index (χ3v) is 6.20. The van der Waals surface area contributed by atoms with E-state index in [1.807, 2.05) is 6.07 Å². The minimum absolute atomic E-state index is 0.0609. The van der Waals surface area contributed by atoms with Gasteiger partial charge in [0.25, 0.3) is 5.91 Å². The molecule has 0 atom stereocenters. The molecular weight excluding hydrogens is 504 g/mol. The number of nitrogens with one attached hydrogen (secondary N) is 2. The smallest absolute Gasteiger partial charge is 0.340 e. The summed E-state index contributed by atoms with van der Waals surface area (Å²) in [4.78, 5) is 36.6. The van der Waals surface area contributed by atoms with Crippen LogP contribution in [0.4, 0.5) is 10.8 Å². The van der Waals surface area contributed by atoms with Crippen LogP contribution < -0.4 is 10.6 Å². The molecule has 2 N–H and O–H groups in total. The van der Waals surface area contributed by atoms with Crippen LogP contribution in [0.5, 0.6) is 0 Å². The van der Waals surface area contributed by atoms with E-state index in [4.69, 9.17) is 4.74 Å². The molecule has 3 aromatic rings. The predicted octanol–water partition coefficient (Wildman–Crippen LogP) is 4.46. The molecule has 1 aromatic heterocycles. The van der Waals surface area contributed by atoms with Gasteiger partial charge in [0.15, 0.2) is 4.34 Å². The van der Waals surface area contributed by atoms with Crippen molar-refractivity contribution in [1.82, 2.24) is 10.2 Å². The molecule has 2 aromatic carbocycles. The number of amides is 2. The Balaban J connectivity index is 1.54. The van der Waals surface area contributed by atoms with Gasteiger partial charge in [-0.2, -0.15) is 0 Å². The van der Waals surface area contributed by atoms with Crippen LogP contribution in [-0.4, -0.2) is 40.3 Å². The van der Waals surface area contributed by atoms with Crippen LogP contribution in [0.25, 0.3) is 0 Å². The van der Waals surface area contributed by atoms with Crippen molar-refractivity contribution in [3.63, 3.8) is 0 Å². The number of carbonyl (C=O) groups excluding carboxylic acids is 3. The van der Waals surface area contributed by atoms with E-state index in [9.17, 15) is 14.4 Å². The Hall–Kier alpha value is -2.76. The van der Waals surface area contributed by atoms with Gasteiger partial charge in [-0.05, 0) is 37.3 Å². The number of esters is 1. The number of anilines is 2. The quantitative estimate of drug-likeness (QED) is 0.256. The Labute approximate surface area is 194 Å². The predicted molar refractivity (Wildman–Crippen MR) is 124 cm³/mol. The van der Waals surface area contributed by atoms with Crippen molar-refractivity contribution in [3.8, 4) is 0 Å². The second kappa shape index (κ2) is 11.0. The van der Waals surface area contributed by atoms with Gasteiger partial charge in [-0.1, -0.05) is 57.2 Å². The molecule has 3 rings (SSSR count). The van der Waals surface area contributed by atoms with Crippen molar-refractivity contribution in [3.05, 3.63) is 64.1 Å². The molecule has 0 aliphatic heterocycles. The third-order valence-electron chi connectivity index (χ3n) is 3.74. The Kier molecular flexibility index (Phi) is 8.15. The van der Waals surface area contributed by atoms with E-state index in [1.165, 1.54) is 23.1 Å². The summed E-state index contributed by atoms with van der Waals surface area (Å²) >= 11 is 5.67. The van der Waals surface area contributed by atoms with Crippen molar-refractivity contribution in [1.29, 1.82) is 0 Å². The van der Waals surface area contributed by atoms with E-state index in [0.29, 0.717) is 20.7 Å². The number of rotatable bonds is 8. The lowest BCUT2D eigenvalue weighted by Gasteiger charge is -2.09. The fourth-order valence-corrected chi connectivity index (χ4v) is 4.36. The van der Waals surface area contributed by atoms with Gasteiger partial charge in [0.05, 0.1) is 23.6 Å². The van der Waals surface area contributed by atoms with Crippen LogP contribution in [0.3, 0.4) is 0 Å². The molecule has 0 bridgehead atoms. The number of carbonyl (C=O) groups is 3. The van der Waals surface area contributed by atoms with Crippen molar-refractivity contribution in [2.45, 2.75) is 11.3 Å². The summed E-state index contributed by atoms with van der Waals surface area (Å²) in [7, 11) is 0. The first-order chi connectivity index (χ1) is 15.0. The lowest BCUT2D eigenvalue weighted by Crippen LogP contribution is -2.17. The molecule has 0 radical (unpaired) electrons. The van der Waals surface area contributed by atoms with Gasteiger partial charge in [-0.25, -0.2) is 4.79 Å². The highest BCUT2D eigenvalue weighted by atomic mass is 79.9. The third kappa shape index (κ3) is 6.61. The zero-order valence-corrected chi connectivity index (χ0v) is 19.5. The number of nitrogens with zero attached hydrogens (tertiary/aromatic N) is 2. The highest BCUT2D eigenvalue weighted by molar-refractivity contribution is 9.10. The van der Waals surface area contributed by atoms with E-state index in [2.05, 4.69) is 36.8 Å². The van der Waals surface area contributed by atoms with Crippen LogP contribution in [0.2, 0.25) is 0 Å². The van der Waals surface area contributed by atoms with Crippen LogP contribution in [0.1, 0.15) is 27.6 Å². The topological polar surface area (TPSA) is 110 Å². The van der Waals surface area contributed by atoms with Crippen LogP contribution in [0.15, 0.2) is 57.3 Å². The molecule has 0 saturated heterocycles. The number of hydrogen-bond donors (Lipinski definition) is 2. The van der Waals surface area contributed by atoms with Gasteiger partial charge in [0, 0.05) is 10.0 Å². The first-order valence-corrected chi connectivity index (χ1v) is 11.6. The number of thioether (sulfide) groups is 1. The number of ether oxygens (including phenoxy) is 1. The summed E-state index contributed by atoms with van der Waals surface area (Å²) in [5, 5.41) is 13.6. The van der Waals surface area contributed by atoms with E-state index in [-0.39, 0.29) is 29.7 Å². The highest BCUT2D eigenvalue weighted by Gasteiger charge is 2.15. The van der Waals surface area contributed by atoms with Gasteiger partial charge in [0.1, 0.15) is 0 Å². The molecular formula is C20H17BrN4O4S2. The number of aromatic nitrogens is 2. The zero-order valence-electron chi connectivity index (χ0n) is 16.3. The first kappa shape index (κ1) is 22.9. The molecule has 0 aliphatic carbocycles. The average Bonchev–Trinajstić information content (AvgIpc) is 3.20. The van der Waals surface area contributed by atoms with Gasteiger partial charge in [0.2, 0.25) is 11.0 Å². The molecule has 0 fully saturated rings. The van der Waals surface area contributed by atoms with Crippen molar-refractivity contribution >= 4 is 67.6 Å². The Bertz CT molecular complexity index is 1110. The summed E-state index contributed by atoms with van der Waals surface area (Å²) < 4.78 is 6.33. The molecule has 8 nitrogen and oxygen atoms in total. The lowest BCUT2D eigenvalue weighted by atomic mass is 10.2. The Morgan fingerprint density at radius 1 is 1.10 bits per heavy atom.